The summed E-state index contributed by atoms with van der Waals surface area (Å²) in [6.45, 7) is 1.21. The van der Waals surface area contributed by atoms with E-state index in [4.69, 9.17) is 9.47 Å². The Balaban J connectivity index is 1.88. The van der Waals surface area contributed by atoms with Crippen molar-refractivity contribution in [1.29, 1.82) is 0 Å². The van der Waals surface area contributed by atoms with Gasteiger partial charge in [0.15, 0.2) is 0 Å². The molecule has 1 aromatic rings. The smallest absolute Gasteiger partial charge is 0.325 e. The Bertz CT molecular complexity index is 675. The third kappa shape index (κ3) is 3.00. The van der Waals surface area contributed by atoms with Crippen LogP contribution in [0.5, 0.6) is 11.5 Å². The Morgan fingerprint density at radius 3 is 2.15 bits per heavy atom. The molecule has 0 radical (unpaired) electrons. The number of carboxylic acid groups (broad SMARTS) is 1. The van der Waals surface area contributed by atoms with Crippen molar-refractivity contribution in [2.45, 2.75) is 37.3 Å². The van der Waals surface area contributed by atoms with Crippen molar-refractivity contribution in [2.75, 3.05) is 34.4 Å². The predicted octanol–water partition coefficient (Wildman–Crippen LogP) is 1.92. The monoisotopic (exact) mass is 362 g/mol. The highest BCUT2D eigenvalue weighted by atomic mass is 16.5. The second-order valence-electron chi connectivity index (χ2n) is 7.03. The fraction of sp³-hybridized carbons (Fsp3) is 0.579. The van der Waals surface area contributed by atoms with Gasteiger partial charge in [0, 0.05) is 32.1 Å². The minimum atomic E-state index is -0.931. The van der Waals surface area contributed by atoms with Crippen LogP contribution in [0, 0.1) is 0 Å². The van der Waals surface area contributed by atoms with Crippen LogP contribution in [0.1, 0.15) is 37.3 Å². The average molecular weight is 362 g/mol. The van der Waals surface area contributed by atoms with E-state index in [1.807, 2.05) is 16.8 Å². The Labute approximate surface area is 153 Å². The van der Waals surface area contributed by atoms with Crippen LogP contribution in [0.2, 0.25) is 0 Å². The van der Waals surface area contributed by atoms with Gasteiger partial charge >= 0.3 is 5.97 Å². The van der Waals surface area contributed by atoms with Crippen molar-refractivity contribution in [3.8, 4) is 11.5 Å². The van der Waals surface area contributed by atoms with E-state index in [-0.39, 0.29) is 11.4 Å². The van der Waals surface area contributed by atoms with Gasteiger partial charge in [-0.1, -0.05) is 6.07 Å². The Kier molecular flexibility index (Phi) is 5.09. The van der Waals surface area contributed by atoms with Gasteiger partial charge in [-0.3, -0.25) is 14.5 Å². The highest BCUT2D eigenvalue weighted by molar-refractivity contribution is 5.80. The third-order valence-corrected chi connectivity index (χ3v) is 5.96. The molecule has 2 saturated heterocycles. The molecule has 1 aromatic carbocycles. The molecule has 2 fully saturated rings. The van der Waals surface area contributed by atoms with Crippen LogP contribution in [0.25, 0.3) is 0 Å². The summed E-state index contributed by atoms with van der Waals surface area (Å²) in [6.07, 6.45) is 2.98. The summed E-state index contributed by atoms with van der Waals surface area (Å²) in [5, 5.41) is 9.95. The van der Waals surface area contributed by atoms with Crippen molar-refractivity contribution < 1.29 is 24.2 Å². The van der Waals surface area contributed by atoms with Crippen molar-refractivity contribution in [3.63, 3.8) is 0 Å². The summed E-state index contributed by atoms with van der Waals surface area (Å²) in [5.74, 6) is 0.259. The van der Waals surface area contributed by atoms with Gasteiger partial charge in [0.1, 0.15) is 17.5 Å². The van der Waals surface area contributed by atoms with Crippen molar-refractivity contribution in [2.24, 2.45) is 0 Å². The average Bonchev–Trinajstić information content (AvgIpc) is 2.92. The predicted molar refractivity (Wildman–Crippen MR) is 95.5 cm³/mol. The molecule has 1 N–H and O–H groups in total. The number of nitrogens with zero attached hydrogens (tertiary/aromatic N) is 2. The molecule has 142 valence electrons. The molecule has 1 unspecified atom stereocenters. The molecular formula is C19H26N2O5. The topological polar surface area (TPSA) is 79.3 Å². The van der Waals surface area contributed by atoms with Gasteiger partial charge in [0.25, 0.3) is 0 Å². The second kappa shape index (κ2) is 7.15. The third-order valence-electron chi connectivity index (χ3n) is 5.96. The minimum absolute atomic E-state index is 0.124. The number of hydrogen-bond acceptors (Lipinski definition) is 5. The highest BCUT2D eigenvalue weighted by Crippen LogP contribution is 2.42. The molecule has 7 heteroatoms. The number of carbonyl (C=O) groups is 2. The maximum absolute atomic E-state index is 12.1. The van der Waals surface area contributed by atoms with Gasteiger partial charge < -0.3 is 19.5 Å². The zero-order valence-electron chi connectivity index (χ0n) is 15.5. The quantitative estimate of drug-likeness (QED) is 0.862. The SMILES string of the molecule is COc1cccc(OC)c1C(C(=O)O)N1CCC2(CCC(=O)N2C)CC1. The van der Waals surface area contributed by atoms with Crippen LogP contribution < -0.4 is 9.47 Å². The second-order valence-corrected chi connectivity index (χ2v) is 7.03. The van der Waals surface area contributed by atoms with Crippen LogP contribution in [-0.2, 0) is 9.59 Å². The first-order valence-corrected chi connectivity index (χ1v) is 8.88. The molecule has 1 amide bonds. The lowest BCUT2D eigenvalue weighted by Gasteiger charge is -2.45. The van der Waals surface area contributed by atoms with Gasteiger partial charge in [0.05, 0.1) is 19.8 Å². The number of likely N-dealkylation sites (tertiary alicyclic amines) is 2. The van der Waals surface area contributed by atoms with E-state index in [9.17, 15) is 14.7 Å². The molecule has 0 aliphatic carbocycles. The first-order valence-electron chi connectivity index (χ1n) is 8.88. The maximum atomic E-state index is 12.1. The largest absolute Gasteiger partial charge is 0.496 e. The number of piperidine rings is 1. The molecule has 0 saturated carbocycles. The van der Waals surface area contributed by atoms with Crippen molar-refractivity contribution in [3.05, 3.63) is 23.8 Å². The number of carbonyl (C=O) groups excluding carboxylic acids is 1. The molecule has 1 spiro atoms. The summed E-state index contributed by atoms with van der Waals surface area (Å²) in [5.41, 5.74) is 0.415. The summed E-state index contributed by atoms with van der Waals surface area (Å²) in [6, 6.07) is 4.44. The van der Waals surface area contributed by atoms with Crippen LogP contribution in [0.4, 0.5) is 0 Å². The first kappa shape index (κ1) is 18.5. The molecule has 2 aliphatic rings. The lowest BCUT2D eigenvalue weighted by Crippen LogP contribution is -2.53. The number of rotatable bonds is 5. The lowest BCUT2D eigenvalue weighted by atomic mass is 9.84. The first-order chi connectivity index (χ1) is 12.4. The van der Waals surface area contributed by atoms with Gasteiger partial charge in [-0.05, 0) is 31.4 Å². The number of aliphatic carboxylic acids is 1. The number of hydrogen-bond donors (Lipinski definition) is 1. The molecule has 2 aliphatic heterocycles. The summed E-state index contributed by atoms with van der Waals surface area (Å²) < 4.78 is 10.8. The minimum Gasteiger partial charge on any atom is -0.496 e. The molecule has 3 rings (SSSR count). The zero-order valence-corrected chi connectivity index (χ0v) is 15.5. The fourth-order valence-corrected chi connectivity index (χ4v) is 4.34. The molecule has 0 aromatic heterocycles. The molecule has 7 nitrogen and oxygen atoms in total. The number of ether oxygens (including phenoxy) is 2. The molecule has 0 bridgehead atoms. The summed E-state index contributed by atoms with van der Waals surface area (Å²) in [7, 11) is 4.92. The van der Waals surface area contributed by atoms with Crippen LogP contribution >= 0.6 is 0 Å². The Morgan fingerprint density at radius 1 is 1.15 bits per heavy atom. The van der Waals surface area contributed by atoms with E-state index in [0.29, 0.717) is 36.6 Å². The number of benzene rings is 1. The van der Waals surface area contributed by atoms with E-state index in [1.165, 1.54) is 14.2 Å². The van der Waals surface area contributed by atoms with Crippen LogP contribution in [0.3, 0.4) is 0 Å². The number of carboxylic acids is 1. The van der Waals surface area contributed by atoms with Gasteiger partial charge in [-0.15, -0.1) is 0 Å². The molecule has 1 atom stereocenters. The molecule has 26 heavy (non-hydrogen) atoms. The number of amides is 1. The molecular weight excluding hydrogens is 336 g/mol. The van der Waals surface area contributed by atoms with Crippen molar-refractivity contribution >= 4 is 11.9 Å². The van der Waals surface area contributed by atoms with Gasteiger partial charge in [0.2, 0.25) is 5.91 Å². The van der Waals surface area contributed by atoms with Crippen LogP contribution in [-0.4, -0.2) is 66.7 Å². The van der Waals surface area contributed by atoms with Gasteiger partial charge in [-0.2, -0.15) is 0 Å². The highest BCUT2D eigenvalue weighted by Gasteiger charge is 2.47. The van der Waals surface area contributed by atoms with E-state index in [0.717, 1.165) is 19.3 Å². The fourth-order valence-electron chi connectivity index (χ4n) is 4.34. The summed E-state index contributed by atoms with van der Waals surface area (Å²) in [4.78, 5) is 27.9. The zero-order chi connectivity index (χ0) is 18.9. The Hall–Kier alpha value is -2.28. The van der Waals surface area contributed by atoms with E-state index < -0.39 is 12.0 Å². The maximum Gasteiger partial charge on any atom is 0.325 e. The summed E-state index contributed by atoms with van der Waals surface area (Å²) >= 11 is 0. The number of methoxy groups -OCH3 is 2. The van der Waals surface area contributed by atoms with E-state index >= 15 is 0 Å². The van der Waals surface area contributed by atoms with E-state index in [1.54, 1.807) is 18.2 Å². The molecule has 2 heterocycles. The van der Waals surface area contributed by atoms with Crippen molar-refractivity contribution in [1.82, 2.24) is 9.80 Å². The standard InChI is InChI=1S/C19H26N2O5/c1-20-15(22)7-8-19(20)9-11-21(12-10-19)17(18(23)24)16-13(25-2)5-4-6-14(16)26-3/h4-6,17H,7-12H2,1-3H3,(H,23,24). The van der Waals surface area contributed by atoms with E-state index in [2.05, 4.69) is 0 Å². The van der Waals surface area contributed by atoms with Crippen LogP contribution in [0.15, 0.2) is 18.2 Å². The Morgan fingerprint density at radius 2 is 1.73 bits per heavy atom. The normalized spacial score (nSPS) is 21.0. The lowest BCUT2D eigenvalue weighted by molar-refractivity contribution is -0.145. The van der Waals surface area contributed by atoms with Gasteiger partial charge in [-0.25, -0.2) is 0 Å².